The molecule has 1 heterocycles. The summed E-state index contributed by atoms with van der Waals surface area (Å²) in [6.07, 6.45) is 8.42. The van der Waals surface area contributed by atoms with Crippen molar-refractivity contribution in [3.8, 4) is 0 Å². The van der Waals surface area contributed by atoms with E-state index in [1.54, 1.807) is 0 Å². The molecule has 1 saturated heterocycles. The van der Waals surface area contributed by atoms with Gasteiger partial charge in [0, 0.05) is 26.2 Å². The van der Waals surface area contributed by atoms with Crippen molar-refractivity contribution < 1.29 is 0 Å². The second kappa shape index (κ2) is 6.06. The van der Waals surface area contributed by atoms with E-state index in [-0.39, 0.29) is 0 Å². The molecule has 1 aliphatic rings. The Balaban J connectivity index is 2.07. The van der Waals surface area contributed by atoms with Crippen LogP contribution in [-0.2, 0) is 0 Å². The summed E-state index contributed by atoms with van der Waals surface area (Å²) in [6, 6.07) is 0. The minimum Gasteiger partial charge on any atom is -0.375 e. The van der Waals surface area contributed by atoms with Gasteiger partial charge in [0.1, 0.15) is 0 Å². The van der Waals surface area contributed by atoms with Crippen LogP contribution in [0.1, 0.15) is 26.2 Å². The maximum Gasteiger partial charge on any atom is 0.0298 e. The molecule has 0 unspecified atom stereocenters. The number of nitrogens with one attached hydrogen (secondary N) is 1. The van der Waals surface area contributed by atoms with Gasteiger partial charge in [-0.25, -0.2) is 0 Å². The lowest BCUT2D eigenvalue weighted by atomic mass is 10.2. The summed E-state index contributed by atoms with van der Waals surface area (Å²) in [4.78, 5) is 2.40. The van der Waals surface area contributed by atoms with Gasteiger partial charge in [0.2, 0.25) is 0 Å². The van der Waals surface area contributed by atoms with Gasteiger partial charge >= 0.3 is 0 Å². The van der Waals surface area contributed by atoms with Gasteiger partial charge in [0.25, 0.3) is 0 Å². The third-order valence-electron chi connectivity index (χ3n) is 2.19. The highest BCUT2D eigenvalue weighted by Crippen LogP contribution is 1.98. The fourth-order valence-electron chi connectivity index (χ4n) is 1.38. The molecule has 1 rings (SSSR count). The molecule has 1 fully saturated rings. The summed E-state index contributed by atoms with van der Waals surface area (Å²) in [7, 11) is 0. The van der Waals surface area contributed by atoms with Crippen molar-refractivity contribution in [1.82, 2.24) is 10.2 Å². The molecule has 1 aliphatic heterocycles. The molecule has 0 spiro atoms. The smallest absolute Gasteiger partial charge is 0.0298 e. The van der Waals surface area contributed by atoms with Crippen molar-refractivity contribution in [3.63, 3.8) is 0 Å². The Hall–Kier alpha value is -0.500. The quantitative estimate of drug-likeness (QED) is 0.641. The van der Waals surface area contributed by atoms with Crippen LogP contribution >= 0.6 is 0 Å². The normalized spacial score (nSPS) is 18.9. The minimum absolute atomic E-state index is 1.14. The molecule has 0 aromatic carbocycles. The van der Waals surface area contributed by atoms with E-state index in [4.69, 9.17) is 0 Å². The van der Waals surface area contributed by atoms with E-state index >= 15 is 0 Å². The van der Waals surface area contributed by atoms with E-state index in [0.717, 1.165) is 13.1 Å². The zero-order valence-corrected chi connectivity index (χ0v) is 8.05. The lowest BCUT2D eigenvalue weighted by Crippen LogP contribution is -2.40. The van der Waals surface area contributed by atoms with Crippen LogP contribution in [0.4, 0.5) is 0 Å². The molecule has 70 valence electrons. The summed E-state index contributed by atoms with van der Waals surface area (Å²) in [5.41, 5.74) is 0. The third kappa shape index (κ3) is 3.77. The van der Waals surface area contributed by atoms with Gasteiger partial charge in [-0.3, -0.25) is 0 Å². The van der Waals surface area contributed by atoms with Gasteiger partial charge < -0.3 is 10.2 Å². The first kappa shape index (κ1) is 9.59. The first-order chi connectivity index (χ1) is 5.93. The lowest BCUT2D eigenvalue weighted by molar-refractivity contribution is 0.323. The molecule has 0 bridgehead atoms. The fourth-order valence-corrected chi connectivity index (χ4v) is 1.38. The van der Waals surface area contributed by atoms with Gasteiger partial charge in [0.15, 0.2) is 0 Å². The predicted molar refractivity (Wildman–Crippen MR) is 53.1 cm³/mol. The van der Waals surface area contributed by atoms with Crippen LogP contribution in [0.5, 0.6) is 0 Å². The Labute approximate surface area is 75.6 Å². The molecule has 0 aromatic heterocycles. The number of nitrogens with zero attached hydrogens (tertiary/aromatic N) is 1. The van der Waals surface area contributed by atoms with Crippen molar-refractivity contribution in [2.24, 2.45) is 0 Å². The van der Waals surface area contributed by atoms with Gasteiger partial charge in [-0.05, 0) is 12.6 Å². The number of hydrogen-bond donors (Lipinski definition) is 1. The van der Waals surface area contributed by atoms with Crippen molar-refractivity contribution in [1.29, 1.82) is 0 Å². The monoisotopic (exact) mass is 168 g/mol. The maximum atomic E-state index is 3.34. The Kier molecular flexibility index (Phi) is 4.85. The van der Waals surface area contributed by atoms with Gasteiger partial charge in [-0.2, -0.15) is 0 Å². The van der Waals surface area contributed by atoms with E-state index in [2.05, 4.69) is 29.4 Å². The van der Waals surface area contributed by atoms with Crippen LogP contribution in [0.25, 0.3) is 0 Å². The Morgan fingerprint density at radius 3 is 2.75 bits per heavy atom. The second-order valence-corrected chi connectivity index (χ2v) is 3.31. The topological polar surface area (TPSA) is 15.3 Å². The van der Waals surface area contributed by atoms with Gasteiger partial charge in [-0.15, -0.1) is 0 Å². The Morgan fingerprint density at radius 1 is 1.33 bits per heavy atom. The average molecular weight is 168 g/mol. The Bertz CT molecular complexity index is 126. The van der Waals surface area contributed by atoms with Gasteiger partial charge in [0.05, 0.1) is 0 Å². The van der Waals surface area contributed by atoms with Crippen LogP contribution < -0.4 is 5.32 Å². The third-order valence-corrected chi connectivity index (χ3v) is 2.19. The number of unbranched alkanes of at least 4 members (excludes halogenated alkanes) is 2. The maximum absolute atomic E-state index is 3.34. The molecular formula is C10H20N2. The van der Waals surface area contributed by atoms with Gasteiger partial charge in [-0.1, -0.05) is 25.8 Å². The minimum atomic E-state index is 1.14. The van der Waals surface area contributed by atoms with E-state index in [0.29, 0.717) is 0 Å². The van der Waals surface area contributed by atoms with Crippen molar-refractivity contribution >= 4 is 0 Å². The largest absolute Gasteiger partial charge is 0.375 e. The highest BCUT2D eigenvalue weighted by molar-refractivity contribution is 4.84. The number of rotatable bonds is 4. The van der Waals surface area contributed by atoms with Crippen LogP contribution in [0.3, 0.4) is 0 Å². The van der Waals surface area contributed by atoms with E-state index in [9.17, 15) is 0 Å². The van der Waals surface area contributed by atoms with Crippen LogP contribution in [0.2, 0.25) is 0 Å². The van der Waals surface area contributed by atoms with E-state index in [1.807, 2.05) is 0 Å². The molecule has 1 N–H and O–H groups in total. The molecule has 2 heteroatoms. The second-order valence-electron chi connectivity index (χ2n) is 3.31. The summed E-state index contributed by atoms with van der Waals surface area (Å²) in [6.45, 7) is 6.85. The molecule has 2 nitrogen and oxygen atoms in total. The molecule has 0 atom stereocenters. The molecule has 0 aliphatic carbocycles. The summed E-state index contributed by atoms with van der Waals surface area (Å²) < 4.78 is 0. The standard InChI is InChI=1S/C10H20N2/c1-2-3-4-5-8-12-9-6-11-7-10-12/h5,8,11H,2-4,6-7,9-10H2,1H3. The lowest BCUT2D eigenvalue weighted by Gasteiger charge is -2.25. The SMILES string of the molecule is CCCCC=CN1CCNCC1. The molecule has 0 amide bonds. The average Bonchev–Trinajstić information content (AvgIpc) is 2.14. The predicted octanol–water partition coefficient (Wildman–Crippen LogP) is 1.60. The number of piperazine rings is 1. The molecule has 0 radical (unpaired) electrons. The summed E-state index contributed by atoms with van der Waals surface area (Å²) in [5, 5.41) is 3.34. The molecule has 12 heavy (non-hydrogen) atoms. The fraction of sp³-hybridized carbons (Fsp3) is 0.800. The van der Waals surface area contributed by atoms with Crippen LogP contribution in [0.15, 0.2) is 12.3 Å². The number of allylic oxidation sites excluding steroid dienone is 1. The zero-order valence-electron chi connectivity index (χ0n) is 8.05. The van der Waals surface area contributed by atoms with E-state index in [1.165, 1.54) is 32.4 Å². The zero-order chi connectivity index (χ0) is 8.65. The Morgan fingerprint density at radius 2 is 2.08 bits per heavy atom. The molecular weight excluding hydrogens is 148 g/mol. The van der Waals surface area contributed by atoms with Crippen LogP contribution in [0, 0.1) is 0 Å². The summed E-state index contributed by atoms with van der Waals surface area (Å²) >= 11 is 0. The highest BCUT2D eigenvalue weighted by Gasteiger charge is 2.02. The highest BCUT2D eigenvalue weighted by atomic mass is 15.2. The van der Waals surface area contributed by atoms with Crippen LogP contribution in [-0.4, -0.2) is 31.1 Å². The molecule has 0 aromatic rings. The van der Waals surface area contributed by atoms with Crippen molar-refractivity contribution in [3.05, 3.63) is 12.3 Å². The first-order valence-electron chi connectivity index (χ1n) is 5.05. The summed E-state index contributed by atoms with van der Waals surface area (Å²) in [5.74, 6) is 0. The number of hydrogen-bond acceptors (Lipinski definition) is 2. The first-order valence-corrected chi connectivity index (χ1v) is 5.05. The van der Waals surface area contributed by atoms with E-state index < -0.39 is 0 Å². The molecule has 0 saturated carbocycles. The van der Waals surface area contributed by atoms with Crippen molar-refractivity contribution in [2.75, 3.05) is 26.2 Å². The van der Waals surface area contributed by atoms with Crippen molar-refractivity contribution in [2.45, 2.75) is 26.2 Å².